The van der Waals surface area contributed by atoms with Crippen LogP contribution >= 0.6 is 0 Å². The molecule has 6 aromatic rings. The quantitative estimate of drug-likeness (QED) is 0.0852. The largest absolute Gasteiger partial charge is 0.444 e. The third-order valence-electron chi connectivity index (χ3n) is 16.7. The van der Waals surface area contributed by atoms with Crippen molar-refractivity contribution in [3.05, 3.63) is 121 Å². The topological polar surface area (TPSA) is 252 Å². The molecule has 6 saturated carbocycles. The van der Waals surface area contributed by atoms with Gasteiger partial charge < -0.3 is 30.2 Å². The maximum absolute atomic E-state index is 11.9. The Hall–Kier alpha value is -7.11. The lowest BCUT2D eigenvalue weighted by Gasteiger charge is -2.57. The molecule has 78 heavy (non-hydrogen) atoms. The first-order chi connectivity index (χ1) is 36.7. The van der Waals surface area contributed by atoms with Crippen molar-refractivity contribution in [2.75, 3.05) is 0 Å². The van der Waals surface area contributed by atoms with Crippen molar-refractivity contribution in [2.45, 2.75) is 192 Å². The molecule has 414 valence electrons. The van der Waals surface area contributed by atoms with E-state index in [0.717, 1.165) is 110 Å². The number of aromatic nitrogens is 6. The number of hydrogen-bond donors (Lipinski definition) is 6. The van der Waals surface area contributed by atoms with Crippen LogP contribution in [-0.4, -0.2) is 83.8 Å². The van der Waals surface area contributed by atoms with Gasteiger partial charge in [-0.3, -0.25) is 14.4 Å². The van der Waals surface area contributed by atoms with E-state index in [-0.39, 0.29) is 53.1 Å². The van der Waals surface area contributed by atoms with Crippen LogP contribution in [0.3, 0.4) is 0 Å². The summed E-state index contributed by atoms with van der Waals surface area (Å²) in [7, 11) is 0. The molecule has 0 bridgehead atoms. The van der Waals surface area contributed by atoms with Gasteiger partial charge in [0.25, 0.3) is 16.7 Å². The lowest BCUT2D eigenvalue weighted by atomic mass is 9.49. The van der Waals surface area contributed by atoms with Crippen molar-refractivity contribution < 1.29 is 28.6 Å². The van der Waals surface area contributed by atoms with E-state index in [9.17, 15) is 28.8 Å². The molecule has 3 heterocycles. The summed E-state index contributed by atoms with van der Waals surface area (Å²) in [5, 5.41) is 34.8. The minimum Gasteiger partial charge on any atom is -0.444 e. The number of amides is 3. The number of H-pyrrole nitrogens is 3. The van der Waals surface area contributed by atoms with Gasteiger partial charge >= 0.3 is 18.3 Å². The molecule has 0 saturated heterocycles. The fourth-order valence-electron chi connectivity index (χ4n) is 13.6. The maximum atomic E-state index is 11.9. The summed E-state index contributed by atoms with van der Waals surface area (Å²) in [6.07, 6.45) is 11.3. The Balaban J connectivity index is 0.000000132. The number of carbonyl (C=O) groups excluding carboxylic acids is 3. The first-order valence-electron chi connectivity index (χ1n) is 27.6. The highest BCUT2D eigenvalue weighted by Gasteiger charge is 2.56. The monoisotopic (exact) mass is 1070 g/mol. The zero-order valence-corrected chi connectivity index (χ0v) is 46.4. The average molecular weight is 1070 g/mol. The molecule has 0 unspecified atom stereocenters. The standard InChI is InChI=1S/3C20H25N3O3/c3*1-19(2,3)26-18(25)21-13-10-20(11-13)8-12(9-20)16-14-6-4-5-7-15(14)17(24)23-22-16/h3*4-7,12-13H,8-11H2,1-3H3,(H,21,25)(H,23,24). The summed E-state index contributed by atoms with van der Waals surface area (Å²) in [4.78, 5) is 71.4. The molecule has 6 fully saturated rings. The Bertz CT molecular complexity index is 3050. The van der Waals surface area contributed by atoms with E-state index in [1.807, 2.05) is 135 Å². The summed E-state index contributed by atoms with van der Waals surface area (Å²) < 4.78 is 16.0. The fourth-order valence-corrected chi connectivity index (χ4v) is 13.6. The van der Waals surface area contributed by atoms with Crippen molar-refractivity contribution in [2.24, 2.45) is 16.2 Å². The second-order valence-corrected chi connectivity index (χ2v) is 26.5. The highest BCUT2D eigenvalue weighted by molar-refractivity contribution is 5.85. The smallest absolute Gasteiger partial charge is 0.407 e. The summed E-state index contributed by atoms with van der Waals surface area (Å²) >= 11 is 0. The molecule has 6 aliphatic carbocycles. The first kappa shape index (κ1) is 54.3. The third kappa shape index (κ3) is 11.8. The molecule has 6 aliphatic rings. The summed E-state index contributed by atoms with van der Waals surface area (Å²) in [6.45, 7) is 16.8. The van der Waals surface area contributed by atoms with Crippen molar-refractivity contribution >= 4 is 50.6 Å². The zero-order valence-electron chi connectivity index (χ0n) is 46.4. The maximum Gasteiger partial charge on any atom is 0.407 e. The fraction of sp³-hybridized carbons (Fsp3) is 0.550. The van der Waals surface area contributed by atoms with E-state index in [2.05, 4.69) is 46.5 Å². The van der Waals surface area contributed by atoms with E-state index in [1.54, 1.807) is 0 Å². The predicted octanol–water partition coefficient (Wildman–Crippen LogP) is 10.4. The lowest BCUT2D eigenvalue weighted by Crippen LogP contribution is -2.56. The number of hydrogen-bond acceptors (Lipinski definition) is 12. The minimum atomic E-state index is -0.468. The highest BCUT2D eigenvalue weighted by Crippen LogP contribution is 2.64. The second-order valence-electron chi connectivity index (χ2n) is 26.5. The van der Waals surface area contributed by atoms with Gasteiger partial charge in [-0.05, 0) is 174 Å². The average Bonchev–Trinajstić information content (AvgIpc) is 3.28. The summed E-state index contributed by atoms with van der Waals surface area (Å²) in [6, 6.07) is 23.6. The van der Waals surface area contributed by atoms with Crippen LogP contribution in [0.4, 0.5) is 14.4 Å². The number of nitrogens with zero attached hydrogens (tertiary/aromatic N) is 3. The molecule has 12 rings (SSSR count). The molecule has 3 aromatic heterocycles. The lowest BCUT2D eigenvalue weighted by molar-refractivity contribution is -0.0266. The van der Waals surface area contributed by atoms with Crippen LogP contribution in [0.25, 0.3) is 32.3 Å². The van der Waals surface area contributed by atoms with E-state index >= 15 is 0 Å². The second kappa shape index (κ2) is 20.3. The highest BCUT2D eigenvalue weighted by atomic mass is 16.6. The van der Waals surface area contributed by atoms with E-state index < -0.39 is 16.8 Å². The van der Waals surface area contributed by atoms with Crippen LogP contribution in [0, 0.1) is 16.2 Å². The molecule has 3 spiro atoms. The summed E-state index contributed by atoms with van der Waals surface area (Å²) in [5.41, 5.74) is 2.10. The van der Waals surface area contributed by atoms with E-state index in [4.69, 9.17) is 14.2 Å². The normalized spacial score (nSPS) is 27.7. The van der Waals surface area contributed by atoms with Crippen LogP contribution in [0.5, 0.6) is 0 Å². The number of rotatable bonds is 6. The molecule has 3 aromatic carbocycles. The number of benzene rings is 3. The molecule has 0 atom stereocenters. The Morgan fingerprint density at radius 2 is 0.615 bits per heavy atom. The number of aromatic amines is 3. The number of fused-ring (bicyclic) bond motifs is 3. The minimum absolute atomic E-state index is 0.136. The Kier molecular flexibility index (Phi) is 14.1. The van der Waals surface area contributed by atoms with Crippen LogP contribution < -0.4 is 32.6 Å². The molecular weight excluding hydrogens is 991 g/mol. The van der Waals surface area contributed by atoms with E-state index in [1.165, 1.54) is 0 Å². The van der Waals surface area contributed by atoms with Crippen LogP contribution in [0.1, 0.15) is 174 Å². The van der Waals surface area contributed by atoms with Crippen LogP contribution in [0.2, 0.25) is 0 Å². The van der Waals surface area contributed by atoms with Gasteiger partial charge in [-0.1, -0.05) is 54.6 Å². The van der Waals surface area contributed by atoms with Gasteiger partial charge in [0.1, 0.15) is 16.8 Å². The van der Waals surface area contributed by atoms with Crippen molar-refractivity contribution in [1.29, 1.82) is 0 Å². The van der Waals surface area contributed by atoms with Crippen molar-refractivity contribution in [3.63, 3.8) is 0 Å². The molecule has 18 nitrogen and oxygen atoms in total. The van der Waals surface area contributed by atoms with E-state index in [0.29, 0.717) is 50.2 Å². The van der Waals surface area contributed by atoms with Gasteiger partial charge in [0.15, 0.2) is 0 Å². The Labute approximate surface area is 453 Å². The van der Waals surface area contributed by atoms with Crippen molar-refractivity contribution in [3.8, 4) is 0 Å². The first-order valence-corrected chi connectivity index (χ1v) is 27.6. The zero-order chi connectivity index (χ0) is 55.6. The Morgan fingerprint density at radius 3 is 0.833 bits per heavy atom. The van der Waals surface area contributed by atoms with Gasteiger partial charge in [0.2, 0.25) is 0 Å². The molecule has 0 radical (unpaired) electrons. The molecule has 3 amide bonds. The molecule has 0 aliphatic heterocycles. The molecular formula is C60H75N9O9. The van der Waals surface area contributed by atoms with Gasteiger partial charge in [0.05, 0.1) is 33.2 Å². The SMILES string of the molecule is CC(C)(C)OC(=O)NC1CC2(C1)CC(c1n[nH]c(=O)c3ccccc13)C2.CC(C)(C)OC(=O)NC1CC2(C1)CC(c1n[nH]c(=O)c3ccccc13)C2.CC(C)(C)OC(=O)NC1CC2(C1)CC(c1n[nH]c(=O)c3ccccc13)C2. The van der Waals surface area contributed by atoms with Gasteiger partial charge in [-0.2, -0.15) is 15.3 Å². The molecule has 6 N–H and O–H groups in total. The predicted molar refractivity (Wildman–Crippen MR) is 297 cm³/mol. The summed E-state index contributed by atoms with van der Waals surface area (Å²) in [5.74, 6) is 1.12. The van der Waals surface area contributed by atoms with Gasteiger partial charge in [-0.25, -0.2) is 29.7 Å². The van der Waals surface area contributed by atoms with Crippen molar-refractivity contribution in [1.82, 2.24) is 46.5 Å². The Morgan fingerprint density at radius 1 is 0.397 bits per heavy atom. The van der Waals surface area contributed by atoms with Gasteiger partial charge in [-0.15, -0.1) is 0 Å². The van der Waals surface area contributed by atoms with Gasteiger partial charge in [0, 0.05) is 52.0 Å². The number of ether oxygens (including phenoxy) is 3. The molecule has 18 heteroatoms. The van der Waals surface area contributed by atoms with Crippen LogP contribution in [0.15, 0.2) is 87.2 Å². The number of alkyl carbamates (subject to hydrolysis) is 3. The third-order valence-corrected chi connectivity index (χ3v) is 16.7. The number of carbonyl (C=O) groups is 3. The van der Waals surface area contributed by atoms with Crippen LogP contribution in [-0.2, 0) is 14.2 Å². The number of nitrogens with one attached hydrogen (secondary N) is 6.